The summed E-state index contributed by atoms with van der Waals surface area (Å²) < 4.78 is 13.0. The minimum Gasteiger partial charge on any atom is -0.480 e. The molecule has 20 heavy (non-hydrogen) atoms. The molecule has 0 radical (unpaired) electrons. The molecule has 7 heteroatoms. The average Bonchev–Trinajstić information content (AvgIpc) is 2.38. The number of benzene rings is 1. The number of carboxylic acids is 1. The lowest BCUT2D eigenvalue weighted by Gasteiger charge is -2.09. The lowest BCUT2D eigenvalue weighted by Crippen LogP contribution is -2.30. The Kier molecular flexibility index (Phi) is 6.47. The molecule has 1 aromatic carbocycles. The van der Waals surface area contributed by atoms with Crippen LogP contribution in [0.4, 0.5) is 10.1 Å². The average molecular weight is 300 g/mol. The van der Waals surface area contributed by atoms with Crippen molar-refractivity contribution in [2.24, 2.45) is 5.73 Å². The number of nitrogens with two attached hydrogens (primary N) is 1. The molecule has 0 saturated heterocycles. The molecule has 4 N–H and O–H groups in total. The van der Waals surface area contributed by atoms with Gasteiger partial charge in [0, 0.05) is 5.69 Å². The summed E-state index contributed by atoms with van der Waals surface area (Å²) in [7, 11) is 0. The van der Waals surface area contributed by atoms with Crippen LogP contribution in [0.1, 0.15) is 12.0 Å². The van der Waals surface area contributed by atoms with Gasteiger partial charge in [-0.2, -0.15) is 11.8 Å². The van der Waals surface area contributed by atoms with Gasteiger partial charge in [0.25, 0.3) is 0 Å². The maximum absolute atomic E-state index is 13.0. The van der Waals surface area contributed by atoms with Crippen LogP contribution in [0.25, 0.3) is 0 Å². The number of hydrogen-bond donors (Lipinski definition) is 3. The number of halogens is 1. The van der Waals surface area contributed by atoms with Crippen LogP contribution in [0, 0.1) is 12.7 Å². The number of aliphatic carboxylic acids is 1. The smallest absolute Gasteiger partial charge is 0.320 e. The molecule has 1 unspecified atom stereocenters. The highest BCUT2D eigenvalue weighted by atomic mass is 32.2. The summed E-state index contributed by atoms with van der Waals surface area (Å²) in [5.74, 6) is -1.07. The third kappa shape index (κ3) is 5.58. The molecule has 0 heterocycles. The van der Waals surface area contributed by atoms with E-state index in [1.54, 1.807) is 13.0 Å². The minimum atomic E-state index is -1.05. The Morgan fingerprint density at radius 3 is 2.85 bits per heavy atom. The molecule has 5 nitrogen and oxygen atoms in total. The summed E-state index contributed by atoms with van der Waals surface area (Å²) in [4.78, 5) is 22.1. The van der Waals surface area contributed by atoms with Gasteiger partial charge in [-0.3, -0.25) is 9.59 Å². The van der Waals surface area contributed by atoms with Crippen LogP contribution in [-0.4, -0.2) is 34.5 Å². The molecule has 1 rings (SSSR count). The fraction of sp³-hybridized carbons (Fsp3) is 0.385. The molecule has 0 aliphatic carbocycles. The molecule has 0 bridgehead atoms. The number of hydrogen-bond acceptors (Lipinski definition) is 4. The molecule has 1 atom stereocenters. The third-order valence-electron chi connectivity index (χ3n) is 2.60. The summed E-state index contributed by atoms with van der Waals surface area (Å²) in [5.41, 5.74) is 6.56. The SMILES string of the molecule is Cc1ccc(F)cc1NC(=O)CSCCC(N)C(=O)O. The fourth-order valence-corrected chi connectivity index (χ4v) is 2.24. The number of carboxylic acid groups (broad SMARTS) is 1. The van der Waals surface area contributed by atoms with Crippen LogP contribution < -0.4 is 11.1 Å². The van der Waals surface area contributed by atoms with Crippen molar-refractivity contribution in [1.82, 2.24) is 0 Å². The second kappa shape index (κ2) is 7.86. The first-order valence-corrected chi connectivity index (χ1v) is 7.17. The van der Waals surface area contributed by atoms with Crippen molar-refractivity contribution < 1.29 is 19.1 Å². The maximum Gasteiger partial charge on any atom is 0.320 e. The molecule has 0 spiro atoms. The largest absolute Gasteiger partial charge is 0.480 e. The van der Waals surface area contributed by atoms with Gasteiger partial charge in [0.1, 0.15) is 11.9 Å². The number of aryl methyl sites for hydroxylation is 1. The first-order chi connectivity index (χ1) is 9.40. The van der Waals surface area contributed by atoms with E-state index in [4.69, 9.17) is 10.8 Å². The van der Waals surface area contributed by atoms with Crippen molar-refractivity contribution in [2.45, 2.75) is 19.4 Å². The van der Waals surface area contributed by atoms with Gasteiger partial charge in [0.05, 0.1) is 5.75 Å². The first-order valence-electron chi connectivity index (χ1n) is 6.02. The van der Waals surface area contributed by atoms with Gasteiger partial charge >= 0.3 is 5.97 Å². The summed E-state index contributed by atoms with van der Waals surface area (Å²) in [6.07, 6.45) is 0.298. The summed E-state index contributed by atoms with van der Waals surface area (Å²) in [6, 6.07) is 3.27. The van der Waals surface area contributed by atoms with E-state index >= 15 is 0 Å². The zero-order valence-electron chi connectivity index (χ0n) is 11.1. The molecule has 0 aliphatic rings. The van der Waals surface area contributed by atoms with E-state index in [0.29, 0.717) is 17.9 Å². The van der Waals surface area contributed by atoms with E-state index in [9.17, 15) is 14.0 Å². The lowest BCUT2D eigenvalue weighted by atomic mass is 10.2. The third-order valence-corrected chi connectivity index (χ3v) is 3.59. The summed E-state index contributed by atoms with van der Waals surface area (Å²) in [5, 5.41) is 11.2. The number of carbonyl (C=O) groups is 2. The van der Waals surface area contributed by atoms with Crippen LogP contribution in [-0.2, 0) is 9.59 Å². The predicted molar refractivity (Wildman–Crippen MR) is 77.3 cm³/mol. The Morgan fingerprint density at radius 2 is 2.20 bits per heavy atom. The molecule has 0 fully saturated rings. The summed E-state index contributed by atoms with van der Waals surface area (Å²) >= 11 is 1.29. The molecular formula is C13H17FN2O3S. The molecule has 0 aliphatic heterocycles. The Morgan fingerprint density at radius 1 is 1.50 bits per heavy atom. The molecule has 1 amide bonds. The van der Waals surface area contributed by atoms with E-state index < -0.39 is 17.8 Å². The molecule has 110 valence electrons. The van der Waals surface area contributed by atoms with E-state index in [2.05, 4.69) is 5.32 Å². The Bertz CT molecular complexity index is 497. The Hall–Kier alpha value is -1.60. The van der Waals surface area contributed by atoms with Crippen LogP contribution in [0.15, 0.2) is 18.2 Å². The highest BCUT2D eigenvalue weighted by Gasteiger charge is 2.11. The zero-order chi connectivity index (χ0) is 15.1. The second-order valence-corrected chi connectivity index (χ2v) is 5.40. The van der Waals surface area contributed by atoms with Gasteiger partial charge in [-0.25, -0.2) is 4.39 Å². The number of amides is 1. The van der Waals surface area contributed by atoms with Gasteiger partial charge in [0.2, 0.25) is 5.91 Å². The number of carbonyl (C=O) groups excluding carboxylic acids is 1. The molecule has 1 aromatic rings. The number of anilines is 1. The van der Waals surface area contributed by atoms with Crippen LogP contribution in [0.3, 0.4) is 0 Å². The van der Waals surface area contributed by atoms with Crippen molar-refractivity contribution in [2.75, 3.05) is 16.8 Å². The standard InChI is InChI=1S/C13H17FN2O3S/c1-8-2-3-9(14)6-11(8)16-12(17)7-20-5-4-10(15)13(18)19/h2-3,6,10H,4-5,7,15H2,1H3,(H,16,17)(H,18,19). The normalized spacial score (nSPS) is 11.9. The molecule has 0 saturated carbocycles. The van der Waals surface area contributed by atoms with Crippen molar-refractivity contribution >= 4 is 29.3 Å². The second-order valence-electron chi connectivity index (χ2n) is 4.29. The first kappa shape index (κ1) is 16.5. The quantitative estimate of drug-likeness (QED) is 0.665. The van der Waals surface area contributed by atoms with E-state index in [1.165, 1.54) is 23.9 Å². The predicted octanol–water partition coefficient (Wildman–Crippen LogP) is 1.61. The van der Waals surface area contributed by atoms with Crippen molar-refractivity contribution in [3.05, 3.63) is 29.6 Å². The highest BCUT2D eigenvalue weighted by Crippen LogP contribution is 2.16. The maximum atomic E-state index is 13.0. The van der Waals surface area contributed by atoms with E-state index in [1.807, 2.05) is 0 Å². The highest BCUT2D eigenvalue weighted by molar-refractivity contribution is 7.99. The van der Waals surface area contributed by atoms with Crippen LogP contribution >= 0.6 is 11.8 Å². The van der Waals surface area contributed by atoms with E-state index in [-0.39, 0.29) is 11.7 Å². The van der Waals surface area contributed by atoms with Crippen molar-refractivity contribution in [3.63, 3.8) is 0 Å². The van der Waals surface area contributed by atoms with Gasteiger partial charge < -0.3 is 16.2 Å². The van der Waals surface area contributed by atoms with Crippen molar-refractivity contribution in [3.8, 4) is 0 Å². The number of thioether (sulfide) groups is 1. The van der Waals surface area contributed by atoms with Gasteiger partial charge in [-0.15, -0.1) is 0 Å². The Balaban J connectivity index is 2.34. The topological polar surface area (TPSA) is 92.4 Å². The molecule has 0 aromatic heterocycles. The minimum absolute atomic E-state index is 0.169. The van der Waals surface area contributed by atoms with Gasteiger partial charge in [-0.05, 0) is 36.8 Å². The number of rotatable bonds is 7. The van der Waals surface area contributed by atoms with E-state index in [0.717, 1.165) is 5.56 Å². The van der Waals surface area contributed by atoms with Gasteiger partial charge in [0.15, 0.2) is 0 Å². The van der Waals surface area contributed by atoms with Crippen molar-refractivity contribution in [1.29, 1.82) is 0 Å². The summed E-state index contributed by atoms with van der Waals surface area (Å²) in [6.45, 7) is 1.77. The molecular weight excluding hydrogens is 283 g/mol. The lowest BCUT2D eigenvalue weighted by molar-refractivity contribution is -0.138. The monoisotopic (exact) mass is 300 g/mol. The zero-order valence-corrected chi connectivity index (χ0v) is 11.9. The van der Waals surface area contributed by atoms with Gasteiger partial charge in [-0.1, -0.05) is 6.07 Å². The number of nitrogens with one attached hydrogen (secondary N) is 1. The van der Waals surface area contributed by atoms with Crippen LogP contribution in [0.5, 0.6) is 0 Å². The fourth-order valence-electron chi connectivity index (χ4n) is 1.41. The van der Waals surface area contributed by atoms with Crippen LogP contribution in [0.2, 0.25) is 0 Å². The Labute approximate surface area is 120 Å².